The van der Waals surface area contributed by atoms with Gasteiger partial charge < -0.3 is 10.6 Å². The normalized spacial score (nSPS) is 10.6. The van der Waals surface area contributed by atoms with E-state index in [1.54, 1.807) is 12.1 Å². The highest BCUT2D eigenvalue weighted by atomic mass is 19.1. The molecule has 0 aliphatic heterocycles. The first-order valence-corrected chi connectivity index (χ1v) is 5.78. The van der Waals surface area contributed by atoms with Gasteiger partial charge in [0.25, 0.3) is 5.91 Å². The molecule has 0 saturated heterocycles. The summed E-state index contributed by atoms with van der Waals surface area (Å²) in [6, 6.07) is 4.89. The third-order valence-corrected chi connectivity index (χ3v) is 2.33. The summed E-state index contributed by atoms with van der Waals surface area (Å²) >= 11 is 0. The number of carbonyl (C=O) groups excluding carboxylic acids is 1. The Hall–Kier alpha value is -1.42. The third kappa shape index (κ3) is 4.53. The lowest BCUT2D eigenvalue weighted by Crippen LogP contribution is -2.34. The van der Waals surface area contributed by atoms with Crippen molar-refractivity contribution in [1.29, 1.82) is 0 Å². The van der Waals surface area contributed by atoms with Crippen LogP contribution in [0.5, 0.6) is 0 Å². The zero-order valence-electron chi connectivity index (χ0n) is 10.5. The Morgan fingerprint density at radius 3 is 2.71 bits per heavy atom. The summed E-state index contributed by atoms with van der Waals surface area (Å²) in [4.78, 5) is 11.7. The predicted octanol–water partition coefficient (Wildman–Crippen LogP) is 1.86. The van der Waals surface area contributed by atoms with Gasteiger partial charge in [0.15, 0.2) is 0 Å². The Morgan fingerprint density at radius 1 is 1.35 bits per heavy atom. The minimum atomic E-state index is -0.482. The molecule has 0 aliphatic rings. The number of rotatable bonds is 5. The number of halogens is 1. The van der Waals surface area contributed by atoms with Crippen LogP contribution >= 0.6 is 0 Å². The monoisotopic (exact) mass is 238 g/mol. The number of benzene rings is 1. The van der Waals surface area contributed by atoms with E-state index in [0.29, 0.717) is 19.1 Å². The first kappa shape index (κ1) is 13.6. The van der Waals surface area contributed by atoms with Crippen molar-refractivity contribution in [1.82, 2.24) is 10.6 Å². The molecule has 0 unspecified atom stereocenters. The lowest BCUT2D eigenvalue weighted by Gasteiger charge is -2.09. The van der Waals surface area contributed by atoms with Crippen molar-refractivity contribution in [3.05, 3.63) is 35.1 Å². The maximum atomic E-state index is 13.4. The van der Waals surface area contributed by atoms with E-state index in [4.69, 9.17) is 0 Å². The average molecular weight is 238 g/mol. The molecule has 1 rings (SSSR count). The number of hydrogen-bond acceptors (Lipinski definition) is 2. The van der Waals surface area contributed by atoms with E-state index in [1.807, 2.05) is 20.8 Å². The highest BCUT2D eigenvalue weighted by molar-refractivity contribution is 5.94. The van der Waals surface area contributed by atoms with E-state index in [2.05, 4.69) is 10.6 Å². The maximum absolute atomic E-state index is 13.4. The van der Waals surface area contributed by atoms with Gasteiger partial charge in [-0.2, -0.15) is 0 Å². The number of hydrogen-bond donors (Lipinski definition) is 2. The fourth-order valence-electron chi connectivity index (χ4n) is 1.45. The van der Waals surface area contributed by atoms with Crippen LogP contribution in [-0.2, 0) is 0 Å². The van der Waals surface area contributed by atoms with Gasteiger partial charge in [-0.1, -0.05) is 25.5 Å². The van der Waals surface area contributed by atoms with Gasteiger partial charge in [-0.05, 0) is 19.1 Å². The fourth-order valence-corrected chi connectivity index (χ4v) is 1.45. The van der Waals surface area contributed by atoms with Crippen LogP contribution in [0.2, 0.25) is 0 Å². The van der Waals surface area contributed by atoms with Crippen molar-refractivity contribution in [3.8, 4) is 0 Å². The van der Waals surface area contributed by atoms with E-state index in [1.165, 1.54) is 6.07 Å². The second-order valence-electron chi connectivity index (χ2n) is 4.35. The number of aryl methyl sites for hydroxylation is 1. The molecule has 3 nitrogen and oxygen atoms in total. The Kier molecular flexibility index (Phi) is 5.10. The Morgan fingerprint density at radius 2 is 2.06 bits per heavy atom. The summed E-state index contributed by atoms with van der Waals surface area (Å²) in [6.45, 7) is 7.06. The summed E-state index contributed by atoms with van der Waals surface area (Å²) in [7, 11) is 0. The summed E-state index contributed by atoms with van der Waals surface area (Å²) in [5, 5.41) is 5.85. The van der Waals surface area contributed by atoms with E-state index >= 15 is 0 Å². The summed E-state index contributed by atoms with van der Waals surface area (Å²) in [5.74, 6) is -0.846. The maximum Gasteiger partial charge on any atom is 0.254 e. The minimum absolute atomic E-state index is 0.106. The molecule has 4 heteroatoms. The molecule has 0 bridgehead atoms. The van der Waals surface area contributed by atoms with Gasteiger partial charge in [0.1, 0.15) is 5.82 Å². The molecule has 0 fully saturated rings. The van der Waals surface area contributed by atoms with Crippen molar-refractivity contribution < 1.29 is 9.18 Å². The van der Waals surface area contributed by atoms with Crippen molar-refractivity contribution in [2.45, 2.75) is 26.8 Å². The van der Waals surface area contributed by atoms with Crippen LogP contribution in [0.15, 0.2) is 18.2 Å². The molecule has 0 spiro atoms. The summed E-state index contributed by atoms with van der Waals surface area (Å²) in [5.41, 5.74) is 0.978. The molecule has 1 aromatic carbocycles. The van der Waals surface area contributed by atoms with Crippen molar-refractivity contribution in [2.75, 3.05) is 13.1 Å². The fraction of sp³-hybridized carbons (Fsp3) is 0.462. The predicted molar refractivity (Wildman–Crippen MR) is 66.6 cm³/mol. The molecule has 94 valence electrons. The zero-order chi connectivity index (χ0) is 12.8. The third-order valence-electron chi connectivity index (χ3n) is 2.33. The highest BCUT2D eigenvalue weighted by Crippen LogP contribution is 2.09. The SMILES string of the molecule is Cc1ccc(F)c(C(=O)NCCNC(C)C)c1. The van der Waals surface area contributed by atoms with Gasteiger partial charge in [0.05, 0.1) is 5.56 Å². The quantitative estimate of drug-likeness (QED) is 0.769. The average Bonchev–Trinajstić information content (AvgIpc) is 2.27. The van der Waals surface area contributed by atoms with Crippen LogP contribution in [0, 0.1) is 12.7 Å². The van der Waals surface area contributed by atoms with Gasteiger partial charge >= 0.3 is 0 Å². The van der Waals surface area contributed by atoms with Crippen molar-refractivity contribution in [3.63, 3.8) is 0 Å². The topological polar surface area (TPSA) is 41.1 Å². The molecule has 0 aromatic heterocycles. The van der Waals surface area contributed by atoms with Crippen LogP contribution in [0.1, 0.15) is 29.8 Å². The molecule has 0 atom stereocenters. The lowest BCUT2D eigenvalue weighted by atomic mass is 10.1. The molecule has 0 radical (unpaired) electrons. The smallest absolute Gasteiger partial charge is 0.254 e. The molecule has 2 N–H and O–H groups in total. The molecule has 0 aliphatic carbocycles. The van der Waals surface area contributed by atoms with Crippen LogP contribution in [-0.4, -0.2) is 25.0 Å². The first-order chi connectivity index (χ1) is 8.00. The Labute approximate surface area is 101 Å². The summed E-state index contributed by atoms with van der Waals surface area (Å²) in [6.07, 6.45) is 0. The minimum Gasteiger partial charge on any atom is -0.351 e. The standard InChI is InChI=1S/C13H19FN2O/c1-9(2)15-6-7-16-13(17)11-8-10(3)4-5-12(11)14/h4-5,8-9,15H,6-7H2,1-3H3,(H,16,17). The lowest BCUT2D eigenvalue weighted by molar-refractivity contribution is 0.0949. The number of nitrogens with one attached hydrogen (secondary N) is 2. The van der Waals surface area contributed by atoms with Crippen molar-refractivity contribution in [2.24, 2.45) is 0 Å². The molecular weight excluding hydrogens is 219 g/mol. The van der Waals surface area contributed by atoms with Crippen LogP contribution in [0.3, 0.4) is 0 Å². The van der Waals surface area contributed by atoms with Gasteiger partial charge in [-0.25, -0.2) is 4.39 Å². The van der Waals surface area contributed by atoms with Gasteiger partial charge in [0.2, 0.25) is 0 Å². The summed E-state index contributed by atoms with van der Waals surface area (Å²) < 4.78 is 13.4. The zero-order valence-corrected chi connectivity index (χ0v) is 10.5. The molecule has 1 aromatic rings. The van der Waals surface area contributed by atoms with Gasteiger partial charge in [0, 0.05) is 19.1 Å². The van der Waals surface area contributed by atoms with Crippen molar-refractivity contribution >= 4 is 5.91 Å². The van der Waals surface area contributed by atoms with E-state index < -0.39 is 5.82 Å². The van der Waals surface area contributed by atoms with E-state index in [0.717, 1.165) is 5.56 Å². The largest absolute Gasteiger partial charge is 0.351 e. The number of carbonyl (C=O) groups is 1. The Balaban J connectivity index is 2.49. The number of amides is 1. The van der Waals surface area contributed by atoms with Crippen LogP contribution < -0.4 is 10.6 Å². The van der Waals surface area contributed by atoms with Gasteiger partial charge in [-0.3, -0.25) is 4.79 Å². The van der Waals surface area contributed by atoms with E-state index in [9.17, 15) is 9.18 Å². The molecule has 1 amide bonds. The first-order valence-electron chi connectivity index (χ1n) is 5.78. The van der Waals surface area contributed by atoms with Crippen LogP contribution in [0.4, 0.5) is 4.39 Å². The molecule has 0 heterocycles. The second-order valence-corrected chi connectivity index (χ2v) is 4.35. The molecule has 17 heavy (non-hydrogen) atoms. The second kappa shape index (κ2) is 6.35. The highest BCUT2D eigenvalue weighted by Gasteiger charge is 2.10. The molecular formula is C13H19FN2O. The molecule has 0 saturated carbocycles. The Bertz CT molecular complexity index is 391. The van der Waals surface area contributed by atoms with E-state index in [-0.39, 0.29) is 11.5 Å². The van der Waals surface area contributed by atoms with Gasteiger partial charge in [-0.15, -0.1) is 0 Å². The van der Waals surface area contributed by atoms with Crippen LogP contribution in [0.25, 0.3) is 0 Å².